The summed E-state index contributed by atoms with van der Waals surface area (Å²) in [4.78, 5) is 4.55. The van der Waals surface area contributed by atoms with E-state index in [-0.39, 0.29) is 5.25 Å². The molecule has 0 aliphatic heterocycles. The van der Waals surface area contributed by atoms with Crippen molar-refractivity contribution in [2.24, 2.45) is 0 Å². The minimum absolute atomic E-state index is 0.230. The molecule has 112 valence electrons. The van der Waals surface area contributed by atoms with Crippen molar-refractivity contribution in [3.8, 4) is 11.3 Å². The second kappa shape index (κ2) is 4.84. The number of rotatable bonds is 4. The summed E-state index contributed by atoms with van der Waals surface area (Å²) in [5, 5.41) is -0.230. The lowest BCUT2D eigenvalue weighted by molar-refractivity contribution is 0.600. The van der Waals surface area contributed by atoms with Crippen molar-refractivity contribution in [2.45, 2.75) is 18.1 Å². The number of sulfonamides is 1. The minimum Gasteiger partial charge on any atom is -0.306 e. The number of imidazole rings is 1. The van der Waals surface area contributed by atoms with Crippen LogP contribution in [-0.4, -0.2) is 23.1 Å². The van der Waals surface area contributed by atoms with Gasteiger partial charge in [-0.2, -0.15) is 0 Å². The van der Waals surface area contributed by atoms with Gasteiger partial charge in [-0.3, -0.25) is 4.72 Å². The number of anilines is 1. The van der Waals surface area contributed by atoms with Crippen LogP contribution in [0.5, 0.6) is 0 Å². The van der Waals surface area contributed by atoms with Crippen molar-refractivity contribution >= 4 is 21.4 Å². The Bertz CT molecular complexity index is 910. The summed E-state index contributed by atoms with van der Waals surface area (Å²) in [5.41, 5.74) is 3.15. The molecule has 1 aliphatic rings. The molecule has 1 aliphatic carbocycles. The van der Waals surface area contributed by atoms with E-state index in [9.17, 15) is 8.42 Å². The van der Waals surface area contributed by atoms with E-state index in [4.69, 9.17) is 0 Å². The lowest BCUT2D eigenvalue weighted by Crippen LogP contribution is -2.17. The van der Waals surface area contributed by atoms with Crippen LogP contribution in [0.2, 0.25) is 0 Å². The Hall–Kier alpha value is -2.34. The predicted molar refractivity (Wildman–Crippen MR) is 86.2 cm³/mol. The van der Waals surface area contributed by atoms with Crippen LogP contribution in [0.15, 0.2) is 54.9 Å². The van der Waals surface area contributed by atoms with Crippen LogP contribution in [0.4, 0.5) is 5.69 Å². The zero-order valence-electron chi connectivity index (χ0n) is 11.8. The Morgan fingerprint density at radius 2 is 2.00 bits per heavy atom. The molecule has 22 heavy (non-hydrogen) atoms. The van der Waals surface area contributed by atoms with Gasteiger partial charge in [0.2, 0.25) is 10.0 Å². The van der Waals surface area contributed by atoms with Crippen molar-refractivity contribution in [3.63, 3.8) is 0 Å². The van der Waals surface area contributed by atoms with Gasteiger partial charge in [-0.05, 0) is 37.1 Å². The van der Waals surface area contributed by atoms with Gasteiger partial charge in [-0.15, -0.1) is 0 Å². The van der Waals surface area contributed by atoms with E-state index in [1.807, 2.05) is 53.2 Å². The van der Waals surface area contributed by atoms with Crippen LogP contribution in [0.3, 0.4) is 0 Å². The lowest BCUT2D eigenvalue weighted by atomic mass is 10.1. The van der Waals surface area contributed by atoms with Gasteiger partial charge >= 0.3 is 0 Å². The summed E-state index contributed by atoms with van der Waals surface area (Å²) >= 11 is 0. The smallest absolute Gasteiger partial charge is 0.235 e. The molecule has 1 fully saturated rings. The zero-order chi connectivity index (χ0) is 15.2. The van der Waals surface area contributed by atoms with Crippen molar-refractivity contribution < 1.29 is 8.42 Å². The fourth-order valence-electron chi connectivity index (χ4n) is 2.44. The van der Waals surface area contributed by atoms with Gasteiger partial charge in [0.05, 0.1) is 10.9 Å². The number of nitrogens with zero attached hydrogens (tertiary/aromatic N) is 2. The van der Waals surface area contributed by atoms with E-state index >= 15 is 0 Å². The van der Waals surface area contributed by atoms with Crippen LogP contribution in [-0.2, 0) is 10.0 Å². The standard InChI is InChI=1S/C16H15N3O2S/c20-22(21,14-7-8-14)18-13-5-3-4-12(10-13)15-11-19-9-2-1-6-16(19)17-15/h1-6,9-11,14,18H,7-8H2. The third-order valence-corrected chi connectivity index (χ3v) is 5.61. The lowest BCUT2D eigenvalue weighted by Gasteiger charge is -2.07. The summed E-state index contributed by atoms with van der Waals surface area (Å²) in [6, 6.07) is 13.2. The molecule has 0 amide bonds. The quantitative estimate of drug-likeness (QED) is 0.805. The summed E-state index contributed by atoms with van der Waals surface area (Å²) in [7, 11) is -3.24. The number of aromatic nitrogens is 2. The molecular formula is C16H15N3O2S. The molecule has 5 nitrogen and oxygen atoms in total. The first kappa shape index (κ1) is 13.3. The maximum atomic E-state index is 12.0. The molecule has 0 bridgehead atoms. The number of benzene rings is 1. The Balaban J connectivity index is 1.69. The largest absolute Gasteiger partial charge is 0.306 e. The van der Waals surface area contributed by atoms with Crippen LogP contribution < -0.4 is 4.72 Å². The van der Waals surface area contributed by atoms with Crippen molar-refractivity contribution in [3.05, 3.63) is 54.9 Å². The summed E-state index contributed by atoms with van der Waals surface area (Å²) in [6.07, 6.45) is 5.37. The van der Waals surface area contributed by atoms with E-state index < -0.39 is 10.0 Å². The highest BCUT2D eigenvalue weighted by Crippen LogP contribution is 2.30. The molecule has 0 radical (unpaired) electrons. The van der Waals surface area contributed by atoms with Gasteiger partial charge in [0.1, 0.15) is 5.65 Å². The van der Waals surface area contributed by atoms with Gasteiger partial charge in [0.15, 0.2) is 0 Å². The molecule has 0 unspecified atom stereocenters. The molecule has 1 N–H and O–H groups in total. The SMILES string of the molecule is O=S(=O)(Nc1cccc(-c2cn3ccccc3n2)c1)C1CC1. The number of fused-ring (bicyclic) bond motifs is 1. The van der Waals surface area contributed by atoms with Crippen LogP contribution >= 0.6 is 0 Å². The average molecular weight is 313 g/mol. The molecule has 2 heterocycles. The van der Waals surface area contributed by atoms with Crippen molar-refractivity contribution in [1.82, 2.24) is 9.38 Å². The number of pyridine rings is 1. The van der Waals surface area contributed by atoms with E-state index in [1.54, 1.807) is 6.07 Å². The molecule has 0 spiro atoms. The van der Waals surface area contributed by atoms with E-state index in [0.29, 0.717) is 5.69 Å². The molecular weight excluding hydrogens is 298 g/mol. The highest BCUT2D eigenvalue weighted by Gasteiger charge is 2.35. The van der Waals surface area contributed by atoms with Gasteiger partial charge in [0, 0.05) is 23.6 Å². The Kier molecular flexibility index (Phi) is 2.94. The highest BCUT2D eigenvalue weighted by atomic mass is 32.2. The molecule has 0 atom stereocenters. The van der Waals surface area contributed by atoms with Crippen molar-refractivity contribution in [1.29, 1.82) is 0 Å². The van der Waals surface area contributed by atoms with Gasteiger partial charge < -0.3 is 4.40 Å². The molecule has 2 aromatic heterocycles. The van der Waals surface area contributed by atoms with Crippen LogP contribution in [0.1, 0.15) is 12.8 Å². The number of hydrogen-bond acceptors (Lipinski definition) is 3. The molecule has 6 heteroatoms. The molecule has 3 aromatic rings. The molecule has 1 aromatic carbocycles. The zero-order valence-corrected chi connectivity index (χ0v) is 12.6. The van der Waals surface area contributed by atoms with Crippen molar-refractivity contribution in [2.75, 3.05) is 4.72 Å². The Morgan fingerprint density at radius 3 is 2.77 bits per heavy atom. The van der Waals surface area contributed by atoms with Gasteiger partial charge in [-0.1, -0.05) is 18.2 Å². The Morgan fingerprint density at radius 1 is 1.14 bits per heavy atom. The molecule has 4 rings (SSSR count). The molecule has 0 saturated heterocycles. The summed E-state index contributed by atoms with van der Waals surface area (Å²) < 4.78 is 28.6. The molecule has 1 saturated carbocycles. The third-order valence-electron chi connectivity index (χ3n) is 3.75. The van der Waals surface area contributed by atoms with E-state index in [1.165, 1.54) is 0 Å². The first-order valence-corrected chi connectivity index (χ1v) is 8.72. The average Bonchev–Trinajstić information content (AvgIpc) is 3.27. The summed E-state index contributed by atoms with van der Waals surface area (Å²) in [6.45, 7) is 0. The first-order valence-electron chi connectivity index (χ1n) is 7.18. The maximum absolute atomic E-state index is 12.0. The number of hydrogen-bond donors (Lipinski definition) is 1. The minimum atomic E-state index is -3.24. The highest BCUT2D eigenvalue weighted by molar-refractivity contribution is 7.93. The second-order valence-electron chi connectivity index (χ2n) is 5.52. The monoisotopic (exact) mass is 313 g/mol. The number of nitrogens with one attached hydrogen (secondary N) is 1. The van der Waals surface area contributed by atoms with E-state index in [0.717, 1.165) is 29.7 Å². The van der Waals surface area contributed by atoms with Gasteiger partial charge in [0.25, 0.3) is 0 Å². The topological polar surface area (TPSA) is 63.5 Å². The fraction of sp³-hybridized carbons (Fsp3) is 0.188. The van der Waals surface area contributed by atoms with E-state index in [2.05, 4.69) is 9.71 Å². The van der Waals surface area contributed by atoms with Gasteiger partial charge in [-0.25, -0.2) is 13.4 Å². The first-order chi connectivity index (χ1) is 10.6. The maximum Gasteiger partial charge on any atom is 0.235 e. The second-order valence-corrected chi connectivity index (χ2v) is 7.48. The third kappa shape index (κ3) is 2.46. The van der Waals surface area contributed by atoms with Crippen LogP contribution in [0, 0.1) is 0 Å². The van der Waals surface area contributed by atoms with Crippen LogP contribution in [0.25, 0.3) is 16.9 Å². The fourth-order valence-corrected chi connectivity index (χ4v) is 3.82. The Labute approximate surface area is 128 Å². The predicted octanol–water partition coefficient (Wildman–Crippen LogP) is 2.91. The normalized spacial score (nSPS) is 15.1. The summed E-state index contributed by atoms with van der Waals surface area (Å²) in [5.74, 6) is 0.